The van der Waals surface area contributed by atoms with Gasteiger partial charge in [-0.2, -0.15) is 0 Å². The van der Waals surface area contributed by atoms with Gasteiger partial charge in [-0.1, -0.05) is 185 Å². The van der Waals surface area contributed by atoms with E-state index in [0.717, 1.165) is 100 Å². The Morgan fingerprint density at radius 1 is 0.331 bits per heavy atom. The molecule has 20 heteroatoms. The van der Waals surface area contributed by atoms with E-state index in [-0.39, 0.29) is 34.6 Å². The lowest BCUT2D eigenvalue weighted by atomic mass is 9.92. The number of halogens is 3. The number of rotatable bonds is 25. The first kappa shape index (κ1) is 107. The van der Waals surface area contributed by atoms with E-state index in [9.17, 15) is 30.0 Å². The topological polar surface area (TPSA) is 228 Å². The number of hydrogen-bond donors (Lipinski definition) is 5. The third-order valence-corrected chi connectivity index (χ3v) is 24.1. The third-order valence-electron chi connectivity index (χ3n) is 19.7. The van der Waals surface area contributed by atoms with Crippen LogP contribution >= 0.6 is 47.8 Å². The van der Waals surface area contributed by atoms with Gasteiger partial charge in [-0.25, -0.2) is 0 Å². The minimum atomic E-state index is -2.80. The number of phenolic OH excluding ortho intramolecular Hbond substituents is 5. The predicted molar refractivity (Wildman–Crippen MR) is 529 cm³/mol. The molecule has 10 aromatic carbocycles. The number of methoxy groups -OCH3 is 2. The van der Waals surface area contributed by atoms with Gasteiger partial charge in [-0.05, 0) is 322 Å². The zero-order valence-electron chi connectivity index (χ0n) is 78.4. The molecular formula is C104H134Br3N3O13Si. The Balaban J connectivity index is 0.000000317. The van der Waals surface area contributed by atoms with Gasteiger partial charge in [0.05, 0.1) is 55.8 Å². The summed E-state index contributed by atoms with van der Waals surface area (Å²) in [5.41, 5.74) is 25.0. The molecule has 5 N–H and O–H groups in total. The standard InChI is InChI=1S/C28H33NO2.C22H28BrNO.C21H26BrNO.C9H9BrO2.C9H10O2.C8H20O4Si.C7H8O/c1-17(2)21-12-10-13-22(18(3)4)27(21)29-20(6)24-15-19(5)16-25(28(24)31-7)23-11-8-9-14-26(23)30;1-13(2)17-9-8-10-18(14(3)4)21(17)24-16(6)19-11-15(5)12-20(23)22(19)25-7;1-12(2)16-8-7-9-17(13(3)4)20(16)23-15(6)18-10-14(5)11-19(22)21(18)24;1-5-3-7(6(2)11)9(12)8(10)4-5;1-6-3-4-9(11)8(5-6)7(2)10;1-5-9-13(10-6-2,11-7-3)12-8-4;1-6-2-4-7(8)5-3-6/h8-18,30H,1-7H3;8-14H,1-7H3;7-13,24H,1-6H3;3-4,12H,1-2H3;3-5,11H,1-2H3;5-8H2,1-4H3;2-5,8H,1H3. The minimum absolute atomic E-state index is 0.0214. The second kappa shape index (κ2) is 51.9. The summed E-state index contributed by atoms with van der Waals surface area (Å²) in [6.45, 7) is 57.1. The first-order valence-electron chi connectivity index (χ1n) is 42.4. The molecule has 0 aliphatic rings. The lowest BCUT2D eigenvalue weighted by Gasteiger charge is -2.26. The summed E-state index contributed by atoms with van der Waals surface area (Å²) >= 11 is 10.2. The highest BCUT2D eigenvalue weighted by Crippen LogP contribution is 2.44. The summed E-state index contributed by atoms with van der Waals surface area (Å²) in [6, 6.07) is 54.5. The summed E-state index contributed by atoms with van der Waals surface area (Å²) < 4.78 is 35.4. The molecule has 10 aromatic rings. The van der Waals surface area contributed by atoms with Gasteiger partial charge < -0.3 is 52.7 Å². The Morgan fingerprint density at radius 3 is 0.968 bits per heavy atom. The van der Waals surface area contributed by atoms with Gasteiger partial charge in [-0.15, -0.1) is 0 Å². The van der Waals surface area contributed by atoms with E-state index in [0.29, 0.717) is 87.8 Å². The van der Waals surface area contributed by atoms with Gasteiger partial charge >= 0.3 is 9.05 Å². The molecule has 668 valence electrons. The second-order valence-electron chi connectivity index (χ2n) is 32.1. The molecule has 0 radical (unpaired) electrons. The summed E-state index contributed by atoms with van der Waals surface area (Å²) in [6.07, 6.45) is 0. The second-order valence-corrected chi connectivity index (χ2v) is 36.8. The number of ether oxygens (including phenoxy) is 2. The first-order chi connectivity index (χ1) is 58.4. The number of aryl methyl sites for hydroxylation is 6. The molecule has 0 saturated carbocycles. The van der Waals surface area contributed by atoms with Crippen molar-refractivity contribution in [3.63, 3.8) is 0 Å². The Morgan fingerprint density at radius 2 is 0.637 bits per heavy atom. The molecule has 16 nitrogen and oxygen atoms in total. The van der Waals surface area contributed by atoms with E-state index in [1.807, 2.05) is 118 Å². The molecule has 0 unspecified atom stereocenters. The number of ketones is 2. The van der Waals surface area contributed by atoms with Crippen molar-refractivity contribution < 1.29 is 62.3 Å². The minimum Gasteiger partial charge on any atom is -0.508 e. The average Bonchev–Trinajstić information content (AvgIpc) is 0.781. The smallest absolute Gasteiger partial charge is 0.508 e. The molecule has 0 aliphatic carbocycles. The molecule has 0 spiro atoms. The fraction of sp³-hybridized carbons (Fsp3) is 0.375. The normalized spacial score (nSPS) is 11.5. The van der Waals surface area contributed by atoms with Crippen LogP contribution in [0.25, 0.3) is 11.1 Å². The maximum absolute atomic E-state index is 11.0. The largest absolute Gasteiger partial charge is 0.679 e. The molecule has 0 bridgehead atoms. The number of para-hydroxylation sites is 4. The number of carbonyl (C=O) groups is 2. The van der Waals surface area contributed by atoms with Crippen molar-refractivity contribution in [2.45, 2.75) is 222 Å². The molecule has 10 rings (SSSR count). The summed E-state index contributed by atoms with van der Waals surface area (Å²) in [7, 11) is 0.580. The highest BCUT2D eigenvalue weighted by atomic mass is 79.9. The molecule has 0 saturated heterocycles. The number of Topliss-reactive ketones (excluding diaryl/α,β-unsaturated/α-hetero) is 2. The van der Waals surface area contributed by atoms with Crippen molar-refractivity contribution in [2.75, 3.05) is 40.6 Å². The molecule has 0 amide bonds. The van der Waals surface area contributed by atoms with Crippen LogP contribution in [0.4, 0.5) is 17.1 Å². The van der Waals surface area contributed by atoms with Gasteiger partial charge in [0.2, 0.25) is 0 Å². The lowest BCUT2D eigenvalue weighted by molar-refractivity contribution is -0.0247. The van der Waals surface area contributed by atoms with Crippen molar-refractivity contribution in [1.29, 1.82) is 0 Å². The van der Waals surface area contributed by atoms with Crippen LogP contribution in [0.1, 0.15) is 285 Å². The summed E-state index contributed by atoms with van der Waals surface area (Å²) in [4.78, 5) is 37.0. The Bertz CT molecular complexity index is 5130. The maximum Gasteiger partial charge on any atom is 0.679 e. The van der Waals surface area contributed by atoms with Crippen LogP contribution in [0.3, 0.4) is 0 Å². The molecule has 0 heterocycles. The quantitative estimate of drug-likeness (QED) is 0.0204. The zero-order valence-corrected chi connectivity index (χ0v) is 84.2. The zero-order chi connectivity index (χ0) is 93.3. The van der Waals surface area contributed by atoms with E-state index in [1.54, 1.807) is 56.7 Å². The fourth-order valence-corrected chi connectivity index (χ4v) is 17.2. The highest BCUT2D eigenvalue weighted by molar-refractivity contribution is 9.11. The van der Waals surface area contributed by atoms with Crippen LogP contribution in [0, 0.1) is 41.5 Å². The first-order valence-corrected chi connectivity index (χ1v) is 46.4. The van der Waals surface area contributed by atoms with Gasteiger partial charge in [-0.3, -0.25) is 24.6 Å². The van der Waals surface area contributed by atoms with Gasteiger partial charge in [0.15, 0.2) is 11.6 Å². The van der Waals surface area contributed by atoms with Crippen molar-refractivity contribution in [1.82, 2.24) is 0 Å². The number of phenols is 5. The molecule has 0 aliphatic heterocycles. The Hall–Kier alpha value is -9.35. The highest BCUT2D eigenvalue weighted by Gasteiger charge is 2.44. The van der Waals surface area contributed by atoms with Crippen molar-refractivity contribution >= 4 is 103 Å². The SMILES string of the molecule is CC(=Nc1c(C(C)C)cccc1C(C)C)c1cc(C)cc(Br)c1O.CC(=O)c1cc(C)cc(Br)c1O.CC(=O)c1cc(C)ccc1O.CCO[Si](OCC)(OCC)OCC.COc1c(Br)cc(C)cc1C(C)=Nc1c(C(C)C)cccc1C(C)C.COc1c(C(C)=Nc2c(C(C)C)cccc2C(C)C)cc(C)cc1-c1ccccc1O.Cc1ccc(O)cc1. The van der Waals surface area contributed by atoms with Crippen LogP contribution < -0.4 is 9.47 Å². The van der Waals surface area contributed by atoms with Crippen LogP contribution in [0.5, 0.6) is 40.2 Å². The number of aromatic hydroxyl groups is 5. The lowest BCUT2D eigenvalue weighted by Crippen LogP contribution is -2.49. The monoisotopic (exact) mass is 1900 g/mol. The Labute approximate surface area is 766 Å². The van der Waals surface area contributed by atoms with Crippen molar-refractivity contribution in [3.05, 3.63) is 278 Å². The number of hydrogen-bond acceptors (Lipinski definition) is 16. The predicted octanol–water partition coefficient (Wildman–Crippen LogP) is 29.6. The fourth-order valence-electron chi connectivity index (χ4n) is 13.4. The molecular weight excluding hydrogens is 1770 g/mol. The van der Waals surface area contributed by atoms with Gasteiger partial charge in [0, 0.05) is 71.4 Å². The number of aliphatic imine (C=N–C) groups is 3. The van der Waals surface area contributed by atoms with E-state index < -0.39 is 9.05 Å². The van der Waals surface area contributed by atoms with Gasteiger partial charge in [0.1, 0.15) is 40.2 Å². The molecule has 0 fully saturated rings. The number of nitrogens with zero attached hydrogens (tertiary/aromatic N) is 3. The van der Waals surface area contributed by atoms with Crippen LogP contribution in [-0.4, -0.2) is 104 Å². The van der Waals surface area contributed by atoms with E-state index in [2.05, 4.69) is 224 Å². The van der Waals surface area contributed by atoms with E-state index in [1.165, 1.54) is 64.4 Å². The molecule has 0 aromatic heterocycles. The van der Waals surface area contributed by atoms with E-state index >= 15 is 0 Å². The summed E-state index contributed by atoms with van der Waals surface area (Å²) in [5, 5.41) is 48.2. The van der Waals surface area contributed by atoms with Crippen molar-refractivity contribution in [2.24, 2.45) is 15.0 Å². The number of carbonyl (C=O) groups excluding carboxylic acids is 2. The van der Waals surface area contributed by atoms with Crippen LogP contribution in [0.15, 0.2) is 198 Å². The molecule has 124 heavy (non-hydrogen) atoms. The number of benzene rings is 10. The van der Waals surface area contributed by atoms with Crippen molar-refractivity contribution in [3.8, 4) is 51.4 Å². The van der Waals surface area contributed by atoms with Crippen LogP contribution in [-0.2, 0) is 17.7 Å². The van der Waals surface area contributed by atoms with Crippen LogP contribution in [0.2, 0.25) is 0 Å². The average molecular weight is 1900 g/mol. The summed E-state index contributed by atoms with van der Waals surface area (Å²) in [5.74, 6) is 4.61. The Kier molecular flexibility index (Phi) is 44.8. The third kappa shape index (κ3) is 31.6. The van der Waals surface area contributed by atoms with E-state index in [4.69, 9.17) is 47.3 Å². The maximum atomic E-state index is 11.0. The van der Waals surface area contributed by atoms with Gasteiger partial charge in [0.25, 0.3) is 0 Å². The molecule has 0 atom stereocenters.